The van der Waals surface area contributed by atoms with Crippen LogP contribution in [0.1, 0.15) is 12.0 Å². The average Bonchev–Trinajstić information content (AvgIpc) is 3.17. The summed E-state index contributed by atoms with van der Waals surface area (Å²) in [6.45, 7) is 0.185. The quantitative estimate of drug-likeness (QED) is 0.266. The average molecular weight is 499 g/mol. The Labute approximate surface area is 201 Å². The van der Waals surface area contributed by atoms with Crippen molar-refractivity contribution >= 4 is 27.1 Å². The SMILES string of the molecule is O=C(OCCCn1c(=O)oc2ccccc21)[C@H](Cc1ccccc1)NS(=O)(=O)c1ccccc1F. The lowest BCUT2D eigenvalue weighted by Gasteiger charge is -2.18. The molecule has 10 heteroatoms. The van der Waals surface area contributed by atoms with Gasteiger partial charge < -0.3 is 9.15 Å². The monoisotopic (exact) mass is 498 g/mol. The van der Waals surface area contributed by atoms with Crippen molar-refractivity contribution in [3.8, 4) is 0 Å². The van der Waals surface area contributed by atoms with Gasteiger partial charge in [-0.15, -0.1) is 0 Å². The fraction of sp³-hybridized carbons (Fsp3) is 0.200. The van der Waals surface area contributed by atoms with Crippen LogP contribution in [-0.2, 0) is 32.5 Å². The molecule has 0 spiro atoms. The normalized spacial score (nSPS) is 12.5. The van der Waals surface area contributed by atoms with Gasteiger partial charge in [-0.1, -0.05) is 54.6 Å². The van der Waals surface area contributed by atoms with Gasteiger partial charge >= 0.3 is 11.7 Å². The number of nitrogens with one attached hydrogen (secondary N) is 1. The number of sulfonamides is 1. The number of aromatic nitrogens is 1. The standard InChI is InChI=1S/C25H23FN2O6S/c26-19-11-4-7-14-23(19)35(31,32)27-20(17-18-9-2-1-3-10-18)24(29)33-16-8-15-28-21-12-5-6-13-22(21)34-25(28)30/h1-7,9-14,20,27H,8,15-17H2/t20-/m0/s1. The van der Waals surface area contributed by atoms with Gasteiger partial charge in [0.15, 0.2) is 5.58 Å². The van der Waals surface area contributed by atoms with Crippen molar-refractivity contribution in [2.24, 2.45) is 0 Å². The van der Waals surface area contributed by atoms with Crippen LogP contribution in [0.3, 0.4) is 0 Å². The van der Waals surface area contributed by atoms with Crippen molar-refractivity contribution in [3.05, 3.63) is 101 Å². The Morgan fingerprint density at radius 1 is 1.00 bits per heavy atom. The van der Waals surface area contributed by atoms with E-state index >= 15 is 0 Å². The summed E-state index contributed by atoms with van der Waals surface area (Å²) in [5.74, 6) is -2.25. The first-order chi connectivity index (χ1) is 16.8. The van der Waals surface area contributed by atoms with Crippen LogP contribution in [0.2, 0.25) is 0 Å². The first-order valence-corrected chi connectivity index (χ1v) is 12.4. The number of fused-ring (bicyclic) bond motifs is 1. The van der Waals surface area contributed by atoms with Gasteiger partial charge in [0, 0.05) is 6.54 Å². The van der Waals surface area contributed by atoms with E-state index in [-0.39, 0.29) is 19.6 Å². The summed E-state index contributed by atoms with van der Waals surface area (Å²) in [6.07, 6.45) is 0.312. The molecule has 4 rings (SSSR count). The highest BCUT2D eigenvalue weighted by Gasteiger charge is 2.29. The van der Waals surface area contributed by atoms with Crippen LogP contribution >= 0.6 is 0 Å². The zero-order chi connectivity index (χ0) is 24.8. The van der Waals surface area contributed by atoms with Crippen molar-refractivity contribution in [2.75, 3.05) is 6.61 Å². The minimum absolute atomic E-state index is 0.0131. The van der Waals surface area contributed by atoms with E-state index in [1.165, 1.54) is 16.7 Å². The van der Waals surface area contributed by atoms with E-state index in [0.717, 1.165) is 12.1 Å². The number of para-hydroxylation sites is 2. The van der Waals surface area contributed by atoms with E-state index in [1.54, 1.807) is 54.6 Å². The summed E-state index contributed by atoms with van der Waals surface area (Å²) in [4.78, 5) is 24.4. The second-order valence-electron chi connectivity index (χ2n) is 7.80. The summed E-state index contributed by atoms with van der Waals surface area (Å²) in [7, 11) is -4.33. The van der Waals surface area contributed by atoms with Crippen LogP contribution in [0.25, 0.3) is 11.1 Å². The van der Waals surface area contributed by atoms with Gasteiger partial charge in [-0.05, 0) is 42.7 Å². The number of hydrogen-bond donors (Lipinski definition) is 1. The molecule has 3 aromatic carbocycles. The number of halogens is 1. The highest BCUT2D eigenvalue weighted by atomic mass is 32.2. The molecule has 0 bridgehead atoms. The number of esters is 1. The smallest absolute Gasteiger partial charge is 0.419 e. The predicted molar refractivity (Wildman–Crippen MR) is 127 cm³/mol. The van der Waals surface area contributed by atoms with Crippen molar-refractivity contribution in [1.29, 1.82) is 0 Å². The molecule has 0 unspecified atom stereocenters. The van der Waals surface area contributed by atoms with Crippen LogP contribution in [0.15, 0.2) is 93.0 Å². The summed E-state index contributed by atoms with van der Waals surface area (Å²) in [5, 5.41) is 0. The summed E-state index contributed by atoms with van der Waals surface area (Å²) in [6, 6.07) is 19.4. The molecule has 0 aliphatic rings. The Balaban J connectivity index is 1.44. The number of carbonyl (C=O) groups is 1. The number of hydrogen-bond acceptors (Lipinski definition) is 6. The Bertz CT molecular complexity index is 1480. The number of rotatable bonds is 10. The molecule has 0 saturated carbocycles. The van der Waals surface area contributed by atoms with Gasteiger partial charge in [-0.2, -0.15) is 4.72 Å². The van der Waals surface area contributed by atoms with Crippen molar-refractivity contribution < 1.29 is 26.8 Å². The van der Waals surface area contributed by atoms with E-state index in [2.05, 4.69) is 4.72 Å². The van der Waals surface area contributed by atoms with Crippen LogP contribution in [0.5, 0.6) is 0 Å². The van der Waals surface area contributed by atoms with Crippen LogP contribution in [0, 0.1) is 5.82 Å². The van der Waals surface area contributed by atoms with Crippen LogP contribution in [-0.4, -0.2) is 31.6 Å². The molecule has 1 aromatic heterocycles. The Hall–Kier alpha value is -3.76. The van der Waals surface area contributed by atoms with Gasteiger partial charge in [-0.3, -0.25) is 9.36 Å². The first-order valence-electron chi connectivity index (χ1n) is 10.9. The lowest BCUT2D eigenvalue weighted by atomic mass is 10.1. The molecule has 8 nitrogen and oxygen atoms in total. The van der Waals surface area contributed by atoms with Crippen molar-refractivity contribution in [2.45, 2.75) is 30.3 Å². The third kappa shape index (κ3) is 5.84. The van der Waals surface area contributed by atoms with Crippen LogP contribution < -0.4 is 10.5 Å². The van der Waals surface area contributed by atoms with Gasteiger partial charge in [0.25, 0.3) is 0 Å². The molecule has 0 aliphatic carbocycles. The Morgan fingerprint density at radius 2 is 1.69 bits per heavy atom. The van der Waals surface area contributed by atoms with Crippen LogP contribution in [0.4, 0.5) is 4.39 Å². The second kappa shape index (κ2) is 10.7. The summed E-state index contributed by atoms with van der Waals surface area (Å²) in [5.41, 5.74) is 1.78. The highest BCUT2D eigenvalue weighted by Crippen LogP contribution is 2.16. The zero-order valence-electron chi connectivity index (χ0n) is 18.6. The van der Waals surface area contributed by atoms with E-state index < -0.39 is 38.5 Å². The second-order valence-corrected chi connectivity index (χ2v) is 9.48. The molecule has 1 atom stereocenters. The van der Waals surface area contributed by atoms with Gasteiger partial charge in [0.2, 0.25) is 10.0 Å². The van der Waals surface area contributed by atoms with E-state index in [1.807, 2.05) is 0 Å². The van der Waals surface area contributed by atoms with E-state index in [4.69, 9.17) is 9.15 Å². The third-order valence-corrected chi connectivity index (χ3v) is 6.84. The molecular weight excluding hydrogens is 475 g/mol. The molecule has 0 aliphatic heterocycles. The fourth-order valence-corrected chi connectivity index (χ4v) is 4.92. The van der Waals surface area contributed by atoms with Gasteiger partial charge in [0.1, 0.15) is 16.8 Å². The molecule has 35 heavy (non-hydrogen) atoms. The first kappa shape index (κ1) is 24.4. The molecule has 0 fully saturated rings. The number of nitrogens with zero attached hydrogens (tertiary/aromatic N) is 1. The number of benzene rings is 3. The number of aryl methyl sites for hydroxylation is 1. The molecule has 0 saturated heterocycles. The van der Waals surface area contributed by atoms with E-state index in [9.17, 15) is 22.4 Å². The Morgan fingerprint density at radius 3 is 2.46 bits per heavy atom. The fourth-order valence-electron chi connectivity index (χ4n) is 3.66. The largest absolute Gasteiger partial charge is 0.464 e. The maximum absolute atomic E-state index is 14.1. The predicted octanol–water partition coefficient (Wildman–Crippen LogP) is 3.26. The van der Waals surface area contributed by atoms with Gasteiger partial charge in [-0.25, -0.2) is 17.6 Å². The lowest BCUT2D eigenvalue weighted by Crippen LogP contribution is -2.43. The molecule has 0 amide bonds. The maximum Gasteiger partial charge on any atom is 0.419 e. The minimum Gasteiger partial charge on any atom is -0.464 e. The molecular formula is C25H23FN2O6S. The van der Waals surface area contributed by atoms with E-state index in [0.29, 0.717) is 23.1 Å². The van der Waals surface area contributed by atoms with Gasteiger partial charge in [0.05, 0.1) is 12.1 Å². The van der Waals surface area contributed by atoms with Crippen molar-refractivity contribution in [1.82, 2.24) is 9.29 Å². The number of ether oxygens (including phenoxy) is 1. The minimum atomic E-state index is -4.33. The maximum atomic E-state index is 14.1. The molecule has 4 aromatic rings. The molecule has 1 N–H and O–H groups in total. The molecule has 1 heterocycles. The zero-order valence-corrected chi connectivity index (χ0v) is 19.4. The highest BCUT2D eigenvalue weighted by molar-refractivity contribution is 7.89. The number of carbonyl (C=O) groups excluding carboxylic acids is 1. The summed E-state index contributed by atoms with van der Waals surface area (Å²) >= 11 is 0. The summed E-state index contributed by atoms with van der Waals surface area (Å²) < 4.78 is 53.9. The third-order valence-electron chi connectivity index (χ3n) is 5.33. The molecule has 182 valence electrons. The Kier molecular flexibility index (Phi) is 7.42. The van der Waals surface area contributed by atoms with Crippen molar-refractivity contribution in [3.63, 3.8) is 0 Å². The topological polar surface area (TPSA) is 108 Å². The molecule has 0 radical (unpaired) electrons. The lowest BCUT2D eigenvalue weighted by molar-refractivity contribution is -0.145. The number of oxazole rings is 1.